The first kappa shape index (κ1) is 17.5. The molecule has 3 rings (SSSR count). The third-order valence-electron chi connectivity index (χ3n) is 3.83. The second kappa shape index (κ2) is 7.30. The van der Waals surface area contributed by atoms with Crippen molar-refractivity contribution in [1.29, 1.82) is 0 Å². The lowest BCUT2D eigenvalue weighted by molar-refractivity contribution is -0.118. The molecular formula is C18H20N6O2. The summed E-state index contributed by atoms with van der Waals surface area (Å²) in [6.45, 7) is 5.87. The minimum Gasteiger partial charge on any atom is -0.345 e. The number of carbonyl (C=O) groups excluding carboxylic acids is 2. The summed E-state index contributed by atoms with van der Waals surface area (Å²) in [5.41, 5.74) is 2.47. The maximum atomic E-state index is 12.3. The quantitative estimate of drug-likeness (QED) is 0.731. The zero-order valence-corrected chi connectivity index (χ0v) is 14.9. The average Bonchev–Trinajstić information content (AvgIpc) is 3.06. The van der Waals surface area contributed by atoms with Gasteiger partial charge < -0.3 is 10.6 Å². The van der Waals surface area contributed by atoms with E-state index in [4.69, 9.17) is 0 Å². The van der Waals surface area contributed by atoms with Crippen molar-refractivity contribution in [2.75, 3.05) is 5.32 Å². The monoisotopic (exact) mass is 352 g/mol. The van der Waals surface area contributed by atoms with Gasteiger partial charge in [0.15, 0.2) is 0 Å². The Morgan fingerprint density at radius 1 is 1.15 bits per heavy atom. The fraction of sp³-hybridized carbons (Fsp3) is 0.278. The highest BCUT2D eigenvalue weighted by Gasteiger charge is 2.14. The molecule has 0 atom stereocenters. The molecule has 0 aliphatic carbocycles. The van der Waals surface area contributed by atoms with Crippen LogP contribution >= 0.6 is 0 Å². The van der Waals surface area contributed by atoms with Gasteiger partial charge in [-0.1, -0.05) is 26.0 Å². The first-order valence-corrected chi connectivity index (χ1v) is 8.30. The fourth-order valence-electron chi connectivity index (χ4n) is 2.26. The number of anilines is 1. The van der Waals surface area contributed by atoms with Gasteiger partial charge in [0.1, 0.15) is 0 Å². The van der Waals surface area contributed by atoms with Crippen molar-refractivity contribution in [3.05, 3.63) is 53.6 Å². The number of fused-ring (bicyclic) bond motifs is 1. The Kier molecular flexibility index (Phi) is 4.92. The van der Waals surface area contributed by atoms with Crippen molar-refractivity contribution in [2.24, 2.45) is 5.92 Å². The van der Waals surface area contributed by atoms with Gasteiger partial charge in [0.25, 0.3) is 11.7 Å². The molecule has 0 aliphatic rings. The summed E-state index contributed by atoms with van der Waals surface area (Å²) in [6.07, 6.45) is 1.63. The predicted molar refractivity (Wildman–Crippen MR) is 96.6 cm³/mol. The number of carbonyl (C=O) groups is 2. The summed E-state index contributed by atoms with van der Waals surface area (Å²) in [6, 6.07) is 9.09. The maximum Gasteiger partial charge on any atom is 0.291 e. The van der Waals surface area contributed by atoms with Crippen LogP contribution in [0.15, 0.2) is 36.5 Å². The van der Waals surface area contributed by atoms with Crippen LogP contribution in [0.2, 0.25) is 0 Å². The van der Waals surface area contributed by atoms with Crippen LogP contribution in [-0.2, 0) is 11.3 Å². The van der Waals surface area contributed by atoms with E-state index < -0.39 is 0 Å². The van der Waals surface area contributed by atoms with Crippen molar-refractivity contribution in [2.45, 2.75) is 27.3 Å². The maximum absolute atomic E-state index is 12.3. The van der Waals surface area contributed by atoms with Gasteiger partial charge in [-0.25, -0.2) is 9.50 Å². The minimum absolute atomic E-state index is 0.0344. The molecule has 0 unspecified atom stereocenters. The number of nitrogens with one attached hydrogen (secondary N) is 2. The van der Waals surface area contributed by atoms with Crippen LogP contribution in [-0.4, -0.2) is 31.4 Å². The Morgan fingerprint density at radius 2 is 1.88 bits per heavy atom. The first-order chi connectivity index (χ1) is 12.4. The van der Waals surface area contributed by atoms with Gasteiger partial charge in [0, 0.05) is 30.0 Å². The summed E-state index contributed by atoms with van der Waals surface area (Å²) < 4.78 is 1.53. The Bertz CT molecular complexity index is 946. The summed E-state index contributed by atoms with van der Waals surface area (Å²) in [7, 11) is 0. The molecule has 0 fully saturated rings. The molecule has 0 aliphatic heterocycles. The number of aryl methyl sites for hydroxylation is 1. The molecule has 8 nitrogen and oxygen atoms in total. The van der Waals surface area contributed by atoms with E-state index in [-0.39, 0.29) is 23.6 Å². The Labute approximate surface area is 150 Å². The van der Waals surface area contributed by atoms with Crippen LogP contribution in [0.3, 0.4) is 0 Å². The van der Waals surface area contributed by atoms with Crippen LogP contribution in [0.5, 0.6) is 0 Å². The van der Waals surface area contributed by atoms with E-state index in [1.807, 2.05) is 32.9 Å². The van der Waals surface area contributed by atoms with Gasteiger partial charge in [-0.05, 0) is 30.7 Å². The highest BCUT2D eigenvalue weighted by molar-refractivity contribution is 5.92. The Morgan fingerprint density at radius 3 is 2.54 bits per heavy atom. The molecule has 0 bridgehead atoms. The van der Waals surface area contributed by atoms with Crippen LogP contribution < -0.4 is 10.6 Å². The van der Waals surface area contributed by atoms with Crippen LogP contribution in [0.4, 0.5) is 5.69 Å². The van der Waals surface area contributed by atoms with Crippen molar-refractivity contribution in [1.82, 2.24) is 24.9 Å². The van der Waals surface area contributed by atoms with Crippen molar-refractivity contribution >= 4 is 23.3 Å². The normalized spacial score (nSPS) is 10.9. The zero-order valence-electron chi connectivity index (χ0n) is 14.9. The number of hydrogen-bond donors (Lipinski definition) is 2. The Balaban J connectivity index is 1.62. The van der Waals surface area contributed by atoms with Gasteiger partial charge in [0.05, 0.1) is 0 Å². The lowest BCUT2D eigenvalue weighted by atomic mass is 10.1. The van der Waals surface area contributed by atoms with E-state index in [9.17, 15) is 9.59 Å². The van der Waals surface area contributed by atoms with Gasteiger partial charge in [-0.2, -0.15) is 4.98 Å². The van der Waals surface area contributed by atoms with Crippen LogP contribution in [0.1, 0.15) is 35.7 Å². The number of benzene rings is 1. The summed E-state index contributed by atoms with van der Waals surface area (Å²) in [5, 5.41) is 9.78. The molecule has 3 aromatic rings. The summed E-state index contributed by atoms with van der Waals surface area (Å²) >= 11 is 0. The van der Waals surface area contributed by atoms with E-state index in [0.717, 1.165) is 16.9 Å². The molecular weight excluding hydrogens is 332 g/mol. The van der Waals surface area contributed by atoms with Crippen LogP contribution in [0.25, 0.3) is 5.78 Å². The van der Waals surface area contributed by atoms with Crippen molar-refractivity contribution < 1.29 is 9.59 Å². The molecule has 134 valence electrons. The van der Waals surface area contributed by atoms with E-state index >= 15 is 0 Å². The number of nitrogens with zero attached hydrogens (tertiary/aromatic N) is 4. The first-order valence-electron chi connectivity index (χ1n) is 8.30. The smallest absolute Gasteiger partial charge is 0.291 e. The number of hydrogen-bond acceptors (Lipinski definition) is 5. The third kappa shape index (κ3) is 3.85. The van der Waals surface area contributed by atoms with E-state index in [1.165, 1.54) is 4.52 Å². The zero-order chi connectivity index (χ0) is 18.7. The number of rotatable bonds is 5. The molecule has 8 heteroatoms. The van der Waals surface area contributed by atoms with Crippen molar-refractivity contribution in [3.63, 3.8) is 0 Å². The van der Waals surface area contributed by atoms with Gasteiger partial charge >= 0.3 is 0 Å². The molecule has 0 spiro atoms. The molecule has 2 heterocycles. The minimum atomic E-state index is -0.368. The average molecular weight is 352 g/mol. The van der Waals surface area contributed by atoms with Gasteiger partial charge in [-0.15, -0.1) is 5.10 Å². The van der Waals surface area contributed by atoms with Gasteiger partial charge in [0.2, 0.25) is 11.7 Å². The second-order valence-corrected chi connectivity index (χ2v) is 6.26. The number of aromatic nitrogens is 4. The topological polar surface area (TPSA) is 101 Å². The summed E-state index contributed by atoms with van der Waals surface area (Å²) in [4.78, 5) is 32.1. The molecule has 2 N–H and O–H groups in total. The highest BCUT2D eigenvalue weighted by Crippen LogP contribution is 2.11. The highest BCUT2D eigenvalue weighted by atomic mass is 16.2. The van der Waals surface area contributed by atoms with E-state index in [1.54, 1.807) is 24.4 Å². The van der Waals surface area contributed by atoms with Crippen LogP contribution in [0, 0.1) is 12.8 Å². The Hall–Kier alpha value is -3.29. The van der Waals surface area contributed by atoms with E-state index in [2.05, 4.69) is 25.7 Å². The lowest BCUT2D eigenvalue weighted by Gasteiger charge is -2.08. The SMILES string of the molecule is Cc1ccnc2nc(C(=O)NCc3ccc(NC(=O)C(C)C)cc3)nn12. The van der Waals surface area contributed by atoms with Crippen molar-refractivity contribution in [3.8, 4) is 0 Å². The van der Waals surface area contributed by atoms with E-state index in [0.29, 0.717) is 12.3 Å². The molecule has 2 amide bonds. The lowest BCUT2D eigenvalue weighted by Crippen LogP contribution is -2.24. The standard InChI is InChI=1S/C18H20N6O2/c1-11(2)16(25)21-14-6-4-13(5-7-14)10-20-17(26)15-22-18-19-9-8-12(3)24(18)23-15/h4-9,11H,10H2,1-3H3,(H,20,26)(H,21,25). The molecule has 0 saturated carbocycles. The summed E-state index contributed by atoms with van der Waals surface area (Å²) in [5.74, 6) is -0.0157. The molecule has 2 aromatic heterocycles. The molecule has 1 aromatic carbocycles. The molecule has 26 heavy (non-hydrogen) atoms. The number of amides is 2. The largest absolute Gasteiger partial charge is 0.345 e. The molecule has 0 radical (unpaired) electrons. The van der Waals surface area contributed by atoms with Gasteiger partial charge in [-0.3, -0.25) is 9.59 Å². The molecule has 0 saturated heterocycles. The fourth-order valence-corrected chi connectivity index (χ4v) is 2.26. The second-order valence-electron chi connectivity index (χ2n) is 6.26. The predicted octanol–water partition coefficient (Wildman–Crippen LogP) is 1.96. The third-order valence-corrected chi connectivity index (χ3v) is 3.83.